The molecule has 1 saturated carbocycles. The van der Waals surface area contributed by atoms with Gasteiger partial charge in [-0.25, -0.2) is 0 Å². The highest BCUT2D eigenvalue weighted by atomic mass is 32.1. The Kier molecular flexibility index (Phi) is 6.93. The summed E-state index contributed by atoms with van der Waals surface area (Å²) in [4.78, 5) is 2.75. The fourth-order valence-electron chi connectivity index (χ4n) is 3.85. The molecule has 18 heavy (non-hydrogen) atoms. The second kappa shape index (κ2) is 8.47. The average Bonchev–Trinajstić information content (AvgIpc) is 2.93. The van der Waals surface area contributed by atoms with E-state index in [0.29, 0.717) is 0 Å². The van der Waals surface area contributed by atoms with E-state index in [2.05, 4.69) is 17.5 Å². The third-order valence-corrected chi connectivity index (χ3v) is 5.25. The Labute approximate surface area is 119 Å². The van der Waals surface area contributed by atoms with Gasteiger partial charge in [0.05, 0.1) is 0 Å². The maximum atomic E-state index is 4.25. The molecule has 0 amide bonds. The van der Waals surface area contributed by atoms with Gasteiger partial charge in [-0.3, -0.25) is 0 Å². The van der Waals surface area contributed by atoms with E-state index in [-0.39, 0.29) is 0 Å². The second-order valence-electron chi connectivity index (χ2n) is 6.41. The Bertz CT molecular complexity index is 207. The molecule has 0 spiro atoms. The third-order valence-electron chi connectivity index (χ3n) is 4.93. The number of unbranched alkanes of at least 4 members (excludes halogenated alkanes) is 6. The standard InChI is InChI=1S/C16H31NS/c18-12-7-5-3-1-2-4-6-11-17-13-15-9-8-10-16(15)14-17/h15-16,18H,1-14H2. The van der Waals surface area contributed by atoms with E-state index in [1.54, 1.807) is 0 Å². The van der Waals surface area contributed by atoms with E-state index in [9.17, 15) is 0 Å². The largest absolute Gasteiger partial charge is 0.303 e. The Balaban J connectivity index is 1.40. The van der Waals surface area contributed by atoms with Gasteiger partial charge in [-0.2, -0.15) is 12.6 Å². The zero-order valence-corrected chi connectivity index (χ0v) is 12.8. The molecule has 2 unspecified atom stereocenters. The van der Waals surface area contributed by atoms with E-state index < -0.39 is 0 Å². The summed E-state index contributed by atoms with van der Waals surface area (Å²) in [6.07, 6.45) is 14.5. The summed E-state index contributed by atoms with van der Waals surface area (Å²) in [6.45, 7) is 4.23. The molecular weight excluding hydrogens is 238 g/mol. The van der Waals surface area contributed by atoms with Gasteiger partial charge in [0.25, 0.3) is 0 Å². The second-order valence-corrected chi connectivity index (χ2v) is 6.86. The lowest BCUT2D eigenvalue weighted by Gasteiger charge is -2.16. The molecule has 106 valence electrons. The number of rotatable bonds is 9. The SMILES string of the molecule is SCCCCCCCCCN1CC2CCCC2C1. The van der Waals surface area contributed by atoms with E-state index in [1.165, 1.54) is 83.8 Å². The van der Waals surface area contributed by atoms with Crippen molar-refractivity contribution in [3.05, 3.63) is 0 Å². The average molecular weight is 269 g/mol. The van der Waals surface area contributed by atoms with Gasteiger partial charge >= 0.3 is 0 Å². The zero-order valence-electron chi connectivity index (χ0n) is 11.9. The maximum Gasteiger partial charge on any atom is 0.00129 e. The van der Waals surface area contributed by atoms with Crippen LogP contribution in [0.15, 0.2) is 0 Å². The maximum absolute atomic E-state index is 4.25. The molecule has 0 aromatic heterocycles. The van der Waals surface area contributed by atoms with Gasteiger partial charge in [0.2, 0.25) is 0 Å². The Morgan fingerprint density at radius 3 is 1.94 bits per heavy atom. The van der Waals surface area contributed by atoms with Crippen molar-refractivity contribution in [1.82, 2.24) is 4.90 Å². The van der Waals surface area contributed by atoms with Gasteiger partial charge < -0.3 is 4.90 Å². The van der Waals surface area contributed by atoms with E-state index >= 15 is 0 Å². The molecule has 2 rings (SSSR count). The predicted molar refractivity (Wildman–Crippen MR) is 83.4 cm³/mol. The molecule has 0 aromatic rings. The first-order chi connectivity index (χ1) is 8.90. The fraction of sp³-hybridized carbons (Fsp3) is 1.00. The van der Waals surface area contributed by atoms with Crippen molar-refractivity contribution in [3.8, 4) is 0 Å². The van der Waals surface area contributed by atoms with E-state index in [4.69, 9.17) is 0 Å². The first-order valence-corrected chi connectivity index (χ1v) is 8.86. The molecule has 2 aliphatic rings. The smallest absolute Gasteiger partial charge is 0.00129 e. The first kappa shape index (κ1) is 14.7. The normalized spacial score (nSPS) is 27.8. The minimum Gasteiger partial charge on any atom is -0.303 e. The molecule has 2 fully saturated rings. The molecule has 0 bridgehead atoms. The van der Waals surface area contributed by atoms with Crippen molar-refractivity contribution in [3.63, 3.8) is 0 Å². The number of thiol groups is 1. The summed E-state index contributed by atoms with van der Waals surface area (Å²) in [5.74, 6) is 3.22. The minimum atomic E-state index is 1.07. The fourth-order valence-corrected chi connectivity index (χ4v) is 4.07. The molecular formula is C16H31NS. The van der Waals surface area contributed by atoms with E-state index in [0.717, 1.165) is 17.6 Å². The van der Waals surface area contributed by atoms with Gasteiger partial charge in [0, 0.05) is 13.1 Å². The van der Waals surface area contributed by atoms with Crippen LogP contribution in [-0.2, 0) is 0 Å². The van der Waals surface area contributed by atoms with Gasteiger partial charge in [-0.05, 0) is 49.8 Å². The summed E-state index contributed by atoms with van der Waals surface area (Å²) in [5, 5.41) is 0. The van der Waals surface area contributed by atoms with Crippen LogP contribution in [0.1, 0.15) is 64.2 Å². The van der Waals surface area contributed by atoms with Crippen LogP contribution in [0.3, 0.4) is 0 Å². The van der Waals surface area contributed by atoms with E-state index in [1.807, 2.05) is 0 Å². The van der Waals surface area contributed by atoms with Crippen LogP contribution in [0.4, 0.5) is 0 Å². The van der Waals surface area contributed by atoms with Crippen molar-refractivity contribution in [2.45, 2.75) is 64.2 Å². The van der Waals surface area contributed by atoms with Crippen molar-refractivity contribution in [1.29, 1.82) is 0 Å². The lowest BCUT2D eigenvalue weighted by Crippen LogP contribution is -2.22. The number of hydrogen-bond acceptors (Lipinski definition) is 2. The Hall–Kier alpha value is 0.310. The Morgan fingerprint density at radius 2 is 1.33 bits per heavy atom. The molecule has 0 radical (unpaired) electrons. The van der Waals surface area contributed by atoms with Crippen molar-refractivity contribution < 1.29 is 0 Å². The molecule has 2 atom stereocenters. The van der Waals surface area contributed by atoms with Gasteiger partial charge in [0.1, 0.15) is 0 Å². The number of fused-ring (bicyclic) bond motifs is 1. The van der Waals surface area contributed by atoms with Crippen molar-refractivity contribution >= 4 is 12.6 Å². The molecule has 1 nitrogen and oxygen atoms in total. The van der Waals surface area contributed by atoms with Gasteiger partial charge in [-0.15, -0.1) is 0 Å². The van der Waals surface area contributed by atoms with Crippen molar-refractivity contribution in [2.75, 3.05) is 25.4 Å². The van der Waals surface area contributed by atoms with Crippen LogP contribution in [0, 0.1) is 11.8 Å². The van der Waals surface area contributed by atoms with Crippen LogP contribution in [0.25, 0.3) is 0 Å². The lowest BCUT2D eigenvalue weighted by molar-refractivity contribution is 0.302. The number of likely N-dealkylation sites (tertiary alicyclic amines) is 1. The summed E-state index contributed by atoms with van der Waals surface area (Å²) in [5.41, 5.74) is 0. The highest BCUT2D eigenvalue weighted by Gasteiger charge is 2.35. The van der Waals surface area contributed by atoms with Gasteiger partial charge in [-0.1, -0.05) is 38.5 Å². The molecule has 1 saturated heterocycles. The van der Waals surface area contributed by atoms with Crippen LogP contribution in [0.2, 0.25) is 0 Å². The summed E-state index contributed by atoms with van der Waals surface area (Å²) < 4.78 is 0. The number of hydrogen-bond donors (Lipinski definition) is 1. The van der Waals surface area contributed by atoms with Crippen molar-refractivity contribution in [2.24, 2.45) is 11.8 Å². The Morgan fingerprint density at radius 1 is 0.778 bits per heavy atom. The van der Waals surface area contributed by atoms with Gasteiger partial charge in [0.15, 0.2) is 0 Å². The number of nitrogens with zero attached hydrogens (tertiary/aromatic N) is 1. The minimum absolute atomic E-state index is 1.07. The molecule has 1 aliphatic heterocycles. The monoisotopic (exact) mass is 269 g/mol. The quantitative estimate of drug-likeness (QED) is 0.480. The first-order valence-electron chi connectivity index (χ1n) is 8.23. The van der Waals surface area contributed by atoms with Crippen LogP contribution in [-0.4, -0.2) is 30.3 Å². The molecule has 0 N–H and O–H groups in total. The third kappa shape index (κ3) is 4.77. The van der Waals surface area contributed by atoms with Crippen LogP contribution in [0.5, 0.6) is 0 Å². The lowest BCUT2D eigenvalue weighted by atomic mass is 10.0. The zero-order chi connectivity index (χ0) is 12.6. The summed E-state index contributed by atoms with van der Waals surface area (Å²) >= 11 is 4.25. The predicted octanol–water partition coefficient (Wildman–Crippen LogP) is 4.38. The van der Waals surface area contributed by atoms with Crippen LogP contribution < -0.4 is 0 Å². The molecule has 1 heterocycles. The summed E-state index contributed by atoms with van der Waals surface area (Å²) in [6, 6.07) is 0. The summed E-state index contributed by atoms with van der Waals surface area (Å²) in [7, 11) is 0. The molecule has 1 aliphatic carbocycles. The molecule has 0 aromatic carbocycles. The topological polar surface area (TPSA) is 3.24 Å². The highest BCUT2D eigenvalue weighted by molar-refractivity contribution is 7.80. The van der Waals surface area contributed by atoms with Crippen LogP contribution >= 0.6 is 12.6 Å². The molecule has 2 heteroatoms. The highest BCUT2D eigenvalue weighted by Crippen LogP contribution is 2.37.